The largest absolute Gasteiger partial charge is 0.497 e. The molecule has 1 saturated heterocycles. The first-order valence-electron chi connectivity index (χ1n) is 6.27. The zero-order chi connectivity index (χ0) is 12.8. The van der Waals surface area contributed by atoms with Gasteiger partial charge in [-0.1, -0.05) is 12.1 Å². The average molecular weight is 246 g/mol. The number of benzene rings is 1. The summed E-state index contributed by atoms with van der Waals surface area (Å²) < 4.78 is 5.16. The van der Waals surface area contributed by atoms with Crippen molar-refractivity contribution in [2.45, 2.75) is 18.9 Å². The number of likely N-dealkylation sites (tertiary alicyclic amines) is 1. The van der Waals surface area contributed by atoms with Crippen LogP contribution in [0.1, 0.15) is 24.4 Å². The van der Waals surface area contributed by atoms with Crippen molar-refractivity contribution in [3.63, 3.8) is 0 Å². The van der Waals surface area contributed by atoms with Crippen LogP contribution in [0.5, 0.6) is 5.75 Å². The van der Waals surface area contributed by atoms with E-state index < -0.39 is 0 Å². The van der Waals surface area contributed by atoms with Gasteiger partial charge in [0, 0.05) is 0 Å². The molecular weight excluding hydrogens is 228 g/mol. The molecule has 2 rings (SSSR count). The normalized spacial score (nSPS) is 17.2. The highest BCUT2D eigenvalue weighted by atomic mass is 16.5. The van der Waals surface area contributed by atoms with Gasteiger partial charge in [-0.2, -0.15) is 0 Å². The van der Waals surface area contributed by atoms with Gasteiger partial charge < -0.3 is 4.74 Å². The van der Waals surface area contributed by atoms with Crippen LogP contribution in [0.2, 0.25) is 0 Å². The molecule has 1 aliphatic heterocycles. The number of hydrogen-bond acceptors (Lipinski definition) is 4. The third-order valence-corrected chi connectivity index (χ3v) is 3.41. The van der Waals surface area contributed by atoms with Crippen molar-refractivity contribution in [2.24, 2.45) is 4.99 Å². The molecule has 0 N–H and O–H groups in total. The summed E-state index contributed by atoms with van der Waals surface area (Å²) in [5.74, 6) is 0.845. The van der Waals surface area contributed by atoms with E-state index in [9.17, 15) is 4.79 Å². The topological polar surface area (TPSA) is 41.9 Å². The highest BCUT2D eigenvalue weighted by Crippen LogP contribution is 2.26. The van der Waals surface area contributed by atoms with E-state index in [-0.39, 0.29) is 6.04 Å². The Hall–Kier alpha value is -1.64. The van der Waals surface area contributed by atoms with Crippen LogP contribution in [-0.2, 0) is 4.79 Å². The quantitative estimate of drug-likeness (QED) is 0.590. The number of hydrogen-bond donors (Lipinski definition) is 0. The summed E-state index contributed by atoms with van der Waals surface area (Å²) in [5.41, 5.74) is 1.18. The number of ether oxygens (including phenoxy) is 1. The van der Waals surface area contributed by atoms with Crippen molar-refractivity contribution in [1.29, 1.82) is 0 Å². The molecule has 0 aromatic heterocycles. The van der Waals surface area contributed by atoms with Crippen LogP contribution < -0.4 is 4.74 Å². The van der Waals surface area contributed by atoms with Gasteiger partial charge in [0.1, 0.15) is 5.75 Å². The molecule has 1 heterocycles. The second-order valence-corrected chi connectivity index (χ2v) is 4.46. The van der Waals surface area contributed by atoms with E-state index >= 15 is 0 Å². The van der Waals surface area contributed by atoms with E-state index in [1.165, 1.54) is 18.4 Å². The Labute approximate surface area is 107 Å². The minimum Gasteiger partial charge on any atom is -0.497 e. The van der Waals surface area contributed by atoms with Crippen LogP contribution in [0, 0.1) is 0 Å². The summed E-state index contributed by atoms with van der Waals surface area (Å²) in [6.45, 7) is 2.63. The molecule has 1 unspecified atom stereocenters. The van der Waals surface area contributed by atoms with Gasteiger partial charge in [-0.3, -0.25) is 4.90 Å². The molecule has 4 nitrogen and oxygen atoms in total. The van der Waals surface area contributed by atoms with Crippen LogP contribution >= 0.6 is 0 Å². The molecule has 0 radical (unpaired) electrons. The zero-order valence-electron chi connectivity index (χ0n) is 10.6. The van der Waals surface area contributed by atoms with Crippen LogP contribution in [0.4, 0.5) is 0 Å². The molecule has 1 atom stereocenters. The van der Waals surface area contributed by atoms with Crippen molar-refractivity contribution in [2.75, 3.05) is 26.7 Å². The zero-order valence-corrected chi connectivity index (χ0v) is 10.6. The molecule has 0 aliphatic carbocycles. The van der Waals surface area contributed by atoms with Gasteiger partial charge in [-0.15, -0.1) is 0 Å². The molecule has 0 spiro atoms. The molecule has 0 amide bonds. The fourth-order valence-corrected chi connectivity index (χ4v) is 2.43. The second-order valence-electron chi connectivity index (χ2n) is 4.46. The van der Waals surface area contributed by atoms with Gasteiger partial charge >= 0.3 is 0 Å². The van der Waals surface area contributed by atoms with E-state index in [0.717, 1.165) is 18.8 Å². The molecule has 0 saturated carbocycles. The fourth-order valence-electron chi connectivity index (χ4n) is 2.43. The smallest absolute Gasteiger partial charge is 0.235 e. The van der Waals surface area contributed by atoms with Crippen LogP contribution in [-0.4, -0.2) is 37.7 Å². The lowest BCUT2D eigenvalue weighted by Crippen LogP contribution is -2.27. The summed E-state index contributed by atoms with van der Waals surface area (Å²) in [4.78, 5) is 16.5. The van der Waals surface area contributed by atoms with Crippen molar-refractivity contribution >= 4 is 6.08 Å². The van der Waals surface area contributed by atoms with Crippen LogP contribution in [0.15, 0.2) is 29.3 Å². The van der Waals surface area contributed by atoms with Gasteiger partial charge in [0.05, 0.1) is 19.7 Å². The third kappa shape index (κ3) is 2.97. The predicted octanol–water partition coefficient (Wildman–Crippen LogP) is 2.17. The van der Waals surface area contributed by atoms with Crippen LogP contribution in [0.3, 0.4) is 0 Å². The highest BCUT2D eigenvalue weighted by molar-refractivity contribution is 5.34. The lowest BCUT2D eigenvalue weighted by molar-refractivity contribution is 0.251. The van der Waals surface area contributed by atoms with E-state index in [1.54, 1.807) is 13.2 Å². The Kier molecular flexibility index (Phi) is 4.51. The maximum atomic E-state index is 10.3. The summed E-state index contributed by atoms with van der Waals surface area (Å²) >= 11 is 0. The second kappa shape index (κ2) is 6.34. The van der Waals surface area contributed by atoms with Gasteiger partial charge in [-0.25, -0.2) is 9.79 Å². The number of rotatable bonds is 5. The van der Waals surface area contributed by atoms with Gasteiger partial charge in [-0.05, 0) is 43.6 Å². The standard InChI is InChI=1S/C14H18N2O2/c1-18-13-6-4-12(5-7-13)14(10-15-11-17)16-8-2-3-9-16/h4-7,14H,2-3,8-10H2,1H3. The number of carbonyl (C=O) groups excluding carboxylic acids is 1. The van der Waals surface area contributed by atoms with E-state index in [4.69, 9.17) is 4.74 Å². The Bertz CT molecular complexity index is 418. The van der Waals surface area contributed by atoms with Crippen LogP contribution in [0.25, 0.3) is 0 Å². The molecule has 1 aromatic carbocycles. The Morgan fingerprint density at radius 2 is 2.00 bits per heavy atom. The lowest BCUT2D eigenvalue weighted by Gasteiger charge is -2.26. The summed E-state index contributed by atoms with van der Waals surface area (Å²) in [5, 5.41) is 0. The Morgan fingerprint density at radius 3 is 2.56 bits per heavy atom. The molecule has 4 heteroatoms. The van der Waals surface area contributed by atoms with Crippen molar-refractivity contribution in [1.82, 2.24) is 4.90 Å². The van der Waals surface area contributed by atoms with Crippen molar-refractivity contribution in [3.8, 4) is 5.75 Å². The number of methoxy groups -OCH3 is 1. The SMILES string of the molecule is COc1ccc(C(CN=C=O)N2CCCC2)cc1. The molecule has 96 valence electrons. The Morgan fingerprint density at radius 1 is 1.33 bits per heavy atom. The summed E-state index contributed by atoms with van der Waals surface area (Å²) in [6, 6.07) is 8.16. The summed E-state index contributed by atoms with van der Waals surface area (Å²) in [6.07, 6.45) is 4.08. The molecule has 1 aromatic rings. The highest BCUT2D eigenvalue weighted by Gasteiger charge is 2.23. The number of aliphatic imine (C=N–C) groups is 1. The van der Waals surface area contributed by atoms with Crippen molar-refractivity contribution < 1.29 is 9.53 Å². The summed E-state index contributed by atoms with van der Waals surface area (Å²) in [7, 11) is 1.66. The molecule has 18 heavy (non-hydrogen) atoms. The fraction of sp³-hybridized carbons (Fsp3) is 0.500. The minimum absolute atomic E-state index is 0.180. The number of nitrogens with zero attached hydrogens (tertiary/aromatic N) is 2. The van der Waals surface area contributed by atoms with E-state index in [2.05, 4.69) is 9.89 Å². The maximum Gasteiger partial charge on any atom is 0.235 e. The molecule has 0 bridgehead atoms. The Balaban J connectivity index is 2.17. The molecule has 1 aliphatic rings. The molecule has 1 fully saturated rings. The van der Waals surface area contributed by atoms with Gasteiger partial charge in [0.25, 0.3) is 0 Å². The van der Waals surface area contributed by atoms with Crippen molar-refractivity contribution in [3.05, 3.63) is 29.8 Å². The first-order valence-corrected chi connectivity index (χ1v) is 6.27. The van der Waals surface area contributed by atoms with E-state index in [0.29, 0.717) is 6.54 Å². The maximum absolute atomic E-state index is 10.3. The average Bonchev–Trinajstić information content (AvgIpc) is 2.94. The first-order chi connectivity index (χ1) is 8.85. The van der Waals surface area contributed by atoms with Gasteiger partial charge in [0.2, 0.25) is 6.08 Å². The third-order valence-electron chi connectivity index (χ3n) is 3.41. The monoisotopic (exact) mass is 246 g/mol. The molecular formula is C14H18N2O2. The number of isocyanates is 1. The van der Waals surface area contributed by atoms with E-state index in [1.807, 2.05) is 24.3 Å². The predicted molar refractivity (Wildman–Crippen MR) is 69.5 cm³/mol. The lowest BCUT2D eigenvalue weighted by atomic mass is 10.1. The first kappa shape index (κ1) is 12.8. The minimum atomic E-state index is 0.180. The van der Waals surface area contributed by atoms with Gasteiger partial charge in [0.15, 0.2) is 0 Å².